The fraction of sp³-hybridized carbons (Fsp3) is 0.310. The fourth-order valence-corrected chi connectivity index (χ4v) is 5.21. The second-order valence-electron chi connectivity index (χ2n) is 8.91. The Morgan fingerprint density at radius 2 is 1.62 bits per heavy atom. The van der Waals surface area contributed by atoms with Crippen LogP contribution in [-0.2, 0) is 28.3 Å². The number of benzene rings is 3. The van der Waals surface area contributed by atoms with E-state index < -0.39 is 6.04 Å². The van der Waals surface area contributed by atoms with E-state index in [2.05, 4.69) is 21.2 Å². The summed E-state index contributed by atoms with van der Waals surface area (Å²) in [5, 5.41) is 3.95. The Balaban J connectivity index is 1.87. The summed E-state index contributed by atoms with van der Waals surface area (Å²) in [5.41, 5.74) is 2.93. The first-order chi connectivity index (χ1) is 17.8. The molecule has 0 heterocycles. The first kappa shape index (κ1) is 29.6. The first-order valence-electron chi connectivity index (χ1n) is 12.2. The number of halogens is 3. The summed E-state index contributed by atoms with van der Waals surface area (Å²) in [7, 11) is 0. The highest BCUT2D eigenvalue weighted by Gasteiger charge is 2.31. The zero-order valence-electron chi connectivity index (χ0n) is 20.9. The third-order valence-electron chi connectivity index (χ3n) is 6.02. The Morgan fingerprint density at radius 3 is 2.27 bits per heavy atom. The average molecular weight is 622 g/mol. The van der Waals surface area contributed by atoms with Gasteiger partial charge in [0, 0.05) is 29.2 Å². The van der Waals surface area contributed by atoms with E-state index in [1.807, 2.05) is 74.5 Å². The Labute approximate surface area is 242 Å². The lowest BCUT2D eigenvalue weighted by atomic mass is 10.0. The van der Waals surface area contributed by atoms with Crippen LogP contribution in [0.3, 0.4) is 0 Å². The Kier molecular flexibility index (Phi) is 11.8. The summed E-state index contributed by atoms with van der Waals surface area (Å²) in [5.74, 6) is 0.680. The van der Waals surface area contributed by atoms with Gasteiger partial charge < -0.3 is 10.2 Å². The van der Waals surface area contributed by atoms with Crippen molar-refractivity contribution in [3.05, 3.63) is 104 Å². The SMILES string of the molecule is CCC(C)NC(=O)C(Cc1ccccc1)N(Cc1ccc(Cl)c(Cl)c1)C(=O)CSCc1ccc(Br)cc1. The Hall–Kier alpha value is -1.99. The van der Waals surface area contributed by atoms with Crippen LogP contribution in [0, 0.1) is 0 Å². The third kappa shape index (κ3) is 9.36. The number of amides is 2. The normalized spacial score (nSPS) is 12.6. The van der Waals surface area contributed by atoms with Crippen LogP contribution in [-0.4, -0.2) is 34.6 Å². The second kappa shape index (κ2) is 14.8. The molecule has 0 fully saturated rings. The number of thioether (sulfide) groups is 1. The van der Waals surface area contributed by atoms with Crippen molar-refractivity contribution in [3.8, 4) is 0 Å². The van der Waals surface area contributed by atoms with Gasteiger partial charge in [0.25, 0.3) is 0 Å². The van der Waals surface area contributed by atoms with Crippen LogP contribution in [0.5, 0.6) is 0 Å². The van der Waals surface area contributed by atoms with Gasteiger partial charge in [-0.2, -0.15) is 0 Å². The van der Waals surface area contributed by atoms with Crippen molar-refractivity contribution in [2.75, 3.05) is 5.75 Å². The summed E-state index contributed by atoms with van der Waals surface area (Å²) in [6, 6.07) is 22.5. The molecule has 4 nitrogen and oxygen atoms in total. The fourth-order valence-electron chi connectivity index (χ4n) is 3.75. The smallest absolute Gasteiger partial charge is 0.243 e. The minimum Gasteiger partial charge on any atom is -0.352 e. The van der Waals surface area contributed by atoms with Crippen molar-refractivity contribution in [2.24, 2.45) is 0 Å². The molecule has 0 saturated heterocycles. The van der Waals surface area contributed by atoms with Gasteiger partial charge in [-0.25, -0.2) is 0 Å². The van der Waals surface area contributed by atoms with E-state index in [9.17, 15) is 9.59 Å². The average Bonchev–Trinajstić information content (AvgIpc) is 2.89. The number of carbonyl (C=O) groups excluding carboxylic acids is 2. The summed E-state index contributed by atoms with van der Waals surface area (Å²) >= 11 is 17.4. The van der Waals surface area contributed by atoms with Crippen molar-refractivity contribution in [1.82, 2.24) is 10.2 Å². The second-order valence-corrected chi connectivity index (χ2v) is 11.6. The molecule has 0 radical (unpaired) electrons. The van der Waals surface area contributed by atoms with Gasteiger partial charge in [0.15, 0.2) is 0 Å². The lowest BCUT2D eigenvalue weighted by Crippen LogP contribution is -2.52. The van der Waals surface area contributed by atoms with Crippen molar-refractivity contribution in [3.63, 3.8) is 0 Å². The van der Waals surface area contributed by atoms with E-state index >= 15 is 0 Å². The molecule has 0 aliphatic rings. The molecule has 8 heteroatoms. The minimum absolute atomic E-state index is 0.000480. The Bertz CT molecular complexity index is 1180. The molecule has 1 N–H and O–H groups in total. The maximum atomic E-state index is 13.7. The van der Waals surface area contributed by atoms with Gasteiger partial charge in [-0.1, -0.05) is 94.6 Å². The molecule has 3 rings (SSSR count). The van der Waals surface area contributed by atoms with E-state index in [-0.39, 0.29) is 30.2 Å². The van der Waals surface area contributed by atoms with Crippen LogP contribution in [0.4, 0.5) is 0 Å². The monoisotopic (exact) mass is 620 g/mol. The largest absolute Gasteiger partial charge is 0.352 e. The van der Waals surface area contributed by atoms with Crippen LogP contribution in [0.15, 0.2) is 77.3 Å². The van der Waals surface area contributed by atoms with Gasteiger partial charge in [0.1, 0.15) is 6.04 Å². The van der Waals surface area contributed by atoms with Gasteiger partial charge in [0.2, 0.25) is 11.8 Å². The molecule has 3 aromatic rings. The van der Waals surface area contributed by atoms with Crippen LogP contribution in [0.1, 0.15) is 37.0 Å². The molecule has 0 spiro atoms. The van der Waals surface area contributed by atoms with Gasteiger partial charge in [0.05, 0.1) is 15.8 Å². The molecule has 0 aromatic heterocycles. The maximum absolute atomic E-state index is 13.7. The molecular formula is C29H31BrCl2N2O2S. The number of nitrogens with zero attached hydrogens (tertiary/aromatic N) is 1. The van der Waals surface area contributed by atoms with E-state index in [1.54, 1.807) is 17.0 Å². The number of hydrogen-bond acceptors (Lipinski definition) is 3. The van der Waals surface area contributed by atoms with Crippen molar-refractivity contribution in [2.45, 2.75) is 51.1 Å². The van der Waals surface area contributed by atoms with E-state index in [0.29, 0.717) is 22.2 Å². The minimum atomic E-state index is -0.674. The molecule has 3 aromatic carbocycles. The topological polar surface area (TPSA) is 49.4 Å². The van der Waals surface area contributed by atoms with Gasteiger partial charge >= 0.3 is 0 Å². The molecule has 2 unspecified atom stereocenters. The molecule has 0 aliphatic carbocycles. The number of hydrogen-bond donors (Lipinski definition) is 1. The quantitative estimate of drug-likeness (QED) is 0.227. The molecule has 0 aliphatic heterocycles. The third-order valence-corrected chi connectivity index (χ3v) is 8.27. The van der Waals surface area contributed by atoms with Crippen LogP contribution in [0.25, 0.3) is 0 Å². The molecule has 2 amide bonds. The summed E-state index contributed by atoms with van der Waals surface area (Å²) in [6.07, 6.45) is 1.21. The number of carbonyl (C=O) groups is 2. The Morgan fingerprint density at radius 1 is 0.946 bits per heavy atom. The summed E-state index contributed by atoms with van der Waals surface area (Å²) in [6.45, 7) is 4.24. The predicted molar refractivity (Wildman–Crippen MR) is 159 cm³/mol. The van der Waals surface area contributed by atoms with Crippen LogP contribution >= 0.6 is 50.9 Å². The lowest BCUT2D eigenvalue weighted by molar-refractivity contribution is -0.139. The molecule has 2 atom stereocenters. The molecule has 0 bridgehead atoms. The van der Waals surface area contributed by atoms with Crippen molar-refractivity contribution >= 4 is 62.7 Å². The molecular weight excluding hydrogens is 591 g/mol. The van der Waals surface area contributed by atoms with Gasteiger partial charge in [-0.3, -0.25) is 9.59 Å². The van der Waals surface area contributed by atoms with Gasteiger partial charge in [-0.15, -0.1) is 11.8 Å². The lowest BCUT2D eigenvalue weighted by Gasteiger charge is -2.32. The zero-order chi connectivity index (χ0) is 26.8. The molecule has 0 saturated carbocycles. The van der Waals surface area contributed by atoms with Crippen molar-refractivity contribution < 1.29 is 9.59 Å². The van der Waals surface area contributed by atoms with Gasteiger partial charge in [-0.05, 0) is 54.3 Å². The predicted octanol–water partition coefficient (Wildman–Crippen LogP) is 7.54. The van der Waals surface area contributed by atoms with E-state index in [0.717, 1.165) is 27.6 Å². The van der Waals surface area contributed by atoms with Crippen LogP contribution < -0.4 is 5.32 Å². The van der Waals surface area contributed by atoms with Crippen LogP contribution in [0.2, 0.25) is 10.0 Å². The highest BCUT2D eigenvalue weighted by molar-refractivity contribution is 9.10. The first-order valence-corrected chi connectivity index (χ1v) is 14.9. The number of rotatable bonds is 12. The highest BCUT2D eigenvalue weighted by Crippen LogP contribution is 2.25. The molecule has 196 valence electrons. The number of nitrogens with one attached hydrogen (secondary N) is 1. The highest BCUT2D eigenvalue weighted by atomic mass is 79.9. The molecule has 37 heavy (non-hydrogen) atoms. The van der Waals surface area contributed by atoms with Crippen molar-refractivity contribution in [1.29, 1.82) is 0 Å². The zero-order valence-corrected chi connectivity index (χ0v) is 24.8. The summed E-state index contributed by atoms with van der Waals surface area (Å²) in [4.78, 5) is 28.9. The summed E-state index contributed by atoms with van der Waals surface area (Å²) < 4.78 is 1.02. The van der Waals surface area contributed by atoms with E-state index in [4.69, 9.17) is 23.2 Å². The van der Waals surface area contributed by atoms with E-state index in [1.165, 1.54) is 11.8 Å². The standard InChI is InChI=1S/C29H31BrCl2N2O2S/c1-3-20(2)33-29(36)27(16-21-7-5-4-6-8-21)34(17-23-11-14-25(31)26(32)15-23)28(35)19-37-18-22-9-12-24(30)13-10-22/h4-15,20,27H,3,16-19H2,1-2H3,(H,33,36). The maximum Gasteiger partial charge on any atom is 0.243 e.